The fraction of sp³-hybridized carbons (Fsp3) is 0.550. The molecule has 1 aromatic rings. The first-order valence-electron chi connectivity index (χ1n) is 9.24. The van der Waals surface area contributed by atoms with E-state index in [1.165, 1.54) is 0 Å². The van der Waals surface area contributed by atoms with Crippen molar-refractivity contribution in [3.8, 4) is 0 Å². The second-order valence-electron chi connectivity index (χ2n) is 7.40. The smallest absolute Gasteiger partial charge is 0.329 e. The normalized spacial score (nSPS) is 22.7. The standard InChI is InChI=1S/C20H28N2O4/c1-4-14-9-11-20(12-10-14,19(25)26)22-18(24)16-7-5-15(6-8-16)17(23)21-13(2)3/h5-8,13-14H,4,9-12H2,1-3H3,(H,21,23)(H,22,24)(H,25,26). The average molecular weight is 360 g/mol. The summed E-state index contributed by atoms with van der Waals surface area (Å²) in [6.45, 7) is 5.85. The van der Waals surface area contributed by atoms with Crippen molar-refractivity contribution in [3.05, 3.63) is 35.4 Å². The van der Waals surface area contributed by atoms with E-state index in [9.17, 15) is 19.5 Å². The molecular formula is C20H28N2O4. The average Bonchev–Trinajstić information content (AvgIpc) is 2.61. The van der Waals surface area contributed by atoms with Crippen molar-refractivity contribution in [2.75, 3.05) is 0 Å². The Morgan fingerprint density at radius 3 is 2.00 bits per heavy atom. The first-order chi connectivity index (χ1) is 12.3. The Morgan fingerprint density at radius 1 is 1.08 bits per heavy atom. The molecule has 0 heterocycles. The quantitative estimate of drug-likeness (QED) is 0.727. The van der Waals surface area contributed by atoms with Crippen molar-refractivity contribution >= 4 is 17.8 Å². The van der Waals surface area contributed by atoms with E-state index in [0.29, 0.717) is 29.9 Å². The number of carbonyl (C=O) groups is 3. The number of hydrogen-bond acceptors (Lipinski definition) is 3. The van der Waals surface area contributed by atoms with Crippen LogP contribution in [0.2, 0.25) is 0 Å². The summed E-state index contributed by atoms with van der Waals surface area (Å²) in [5.41, 5.74) is -0.382. The zero-order valence-electron chi connectivity index (χ0n) is 15.7. The summed E-state index contributed by atoms with van der Waals surface area (Å²) in [5, 5.41) is 15.2. The number of rotatable bonds is 6. The van der Waals surface area contributed by atoms with E-state index in [-0.39, 0.29) is 11.9 Å². The van der Waals surface area contributed by atoms with Crippen LogP contribution in [-0.4, -0.2) is 34.5 Å². The molecule has 26 heavy (non-hydrogen) atoms. The molecule has 1 fully saturated rings. The van der Waals surface area contributed by atoms with E-state index in [1.807, 2.05) is 13.8 Å². The van der Waals surface area contributed by atoms with Gasteiger partial charge in [-0.05, 0) is 69.7 Å². The molecule has 3 N–H and O–H groups in total. The lowest BCUT2D eigenvalue weighted by molar-refractivity contribution is -0.146. The second-order valence-corrected chi connectivity index (χ2v) is 7.40. The summed E-state index contributed by atoms with van der Waals surface area (Å²) >= 11 is 0. The Hall–Kier alpha value is -2.37. The van der Waals surface area contributed by atoms with E-state index in [4.69, 9.17) is 0 Å². The van der Waals surface area contributed by atoms with Gasteiger partial charge in [0.2, 0.25) is 0 Å². The highest BCUT2D eigenvalue weighted by Gasteiger charge is 2.43. The molecule has 1 aliphatic carbocycles. The Kier molecular flexibility index (Phi) is 6.40. The number of carboxylic acids is 1. The molecular weight excluding hydrogens is 332 g/mol. The maximum atomic E-state index is 12.6. The maximum absolute atomic E-state index is 12.6. The van der Waals surface area contributed by atoms with Crippen LogP contribution in [0.3, 0.4) is 0 Å². The summed E-state index contributed by atoms with van der Waals surface area (Å²) in [7, 11) is 0. The minimum Gasteiger partial charge on any atom is -0.480 e. The lowest BCUT2D eigenvalue weighted by Gasteiger charge is -2.37. The van der Waals surface area contributed by atoms with Gasteiger partial charge in [0.25, 0.3) is 11.8 Å². The molecule has 0 bridgehead atoms. The van der Waals surface area contributed by atoms with Gasteiger partial charge < -0.3 is 15.7 Å². The zero-order chi connectivity index (χ0) is 19.3. The van der Waals surface area contributed by atoms with E-state index in [0.717, 1.165) is 19.3 Å². The molecule has 0 saturated heterocycles. The number of carboxylic acid groups (broad SMARTS) is 1. The summed E-state index contributed by atoms with van der Waals surface area (Å²) in [6, 6.07) is 6.29. The van der Waals surface area contributed by atoms with Crippen LogP contribution in [0.5, 0.6) is 0 Å². The van der Waals surface area contributed by atoms with Gasteiger partial charge in [-0.15, -0.1) is 0 Å². The van der Waals surface area contributed by atoms with Gasteiger partial charge in [-0.1, -0.05) is 13.3 Å². The van der Waals surface area contributed by atoms with Crippen LogP contribution >= 0.6 is 0 Å². The van der Waals surface area contributed by atoms with Crippen LogP contribution in [0.25, 0.3) is 0 Å². The van der Waals surface area contributed by atoms with Gasteiger partial charge in [0.05, 0.1) is 0 Å². The van der Waals surface area contributed by atoms with Crippen molar-refractivity contribution in [3.63, 3.8) is 0 Å². The van der Waals surface area contributed by atoms with Gasteiger partial charge in [0.15, 0.2) is 0 Å². The van der Waals surface area contributed by atoms with Gasteiger partial charge in [0, 0.05) is 17.2 Å². The lowest BCUT2D eigenvalue weighted by atomic mass is 9.75. The SMILES string of the molecule is CCC1CCC(NC(=O)c2ccc(C(=O)NC(C)C)cc2)(C(=O)O)CC1. The number of carbonyl (C=O) groups excluding carboxylic acids is 2. The monoisotopic (exact) mass is 360 g/mol. The molecule has 0 unspecified atom stereocenters. The molecule has 0 atom stereocenters. The van der Waals surface area contributed by atoms with Gasteiger partial charge >= 0.3 is 5.97 Å². The third-order valence-corrected chi connectivity index (χ3v) is 5.13. The van der Waals surface area contributed by atoms with Crippen LogP contribution in [0.15, 0.2) is 24.3 Å². The van der Waals surface area contributed by atoms with Crippen molar-refractivity contribution in [1.82, 2.24) is 10.6 Å². The highest BCUT2D eigenvalue weighted by molar-refractivity contribution is 5.99. The zero-order valence-corrected chi connectivity index (χ0v) is 15.7. The summed E-state index contributed by atoms with van der Waals surface area (Å²) < 4.78 is 0. The summed E-state index contributed by atoms with van der Waals surface area (Å²) in [5.74, 6) is -1.07. The van der Waals surface area contributed by atoms with E-state index >= 15 is 0 Å². The first-order valence-corrected chi connectivity index (χ1v) is 9.24. The van der Waals surface area contributed by atoms with Gasteiger partial charge in [-0.3, -0.25) is 9.59 Å². The molecule has 6 nitrogen and oxygen atoms in total. The molecule has 0 aliphatic heterocycles. The van der Waals surface area contributed by atoms with Crippen molar-refractivity contribution in [2.24, 2.45) is 5.92 Å². The summed E-state index contributed by atoms with van der Waals surface area (Å²) in [6.07, 6.45) is 3.53. The van der Waals surface area contributed by atoms with Crippen molar-refractivity contribution < 1.29 is 19.5 Å². The van der Waals surface area contributed by atoms with Crippen molar-refractivity contribution in [2.45, 2.75) is 64.5 Å². The van der Waals surface area contributed by atoms with Gasteiger partial charge in [0.1, 0.15) is 5.54 Å². The highest BCUT2D eigenvalue weighted by atomic mass is 16.4. The molecule has 1 aliphatic rings. The Labute approximate surface area is 154 Å². The number of nitrogens with one attached hydrogen (secondary N) is 2. The second kappa shape index (κ2) is 8.34. The molecule has 0 spiro atoms. The van der Waals surface area contributed by atoms with Crippen LogP contribution in [0.1, 0.15) is 73.6 Å². The number of benzene rings is 1. The fourth-order valence-corrected chi connectivity index (χ4v) is 3.38. The first kappa shape index (κ1) is 19.9. The number of hydrogen-bond donors (Lipinski definition) is 3. The molecule has 142 valence electrons. The molecule has 6 heteroatoms. The Morgan fingerprint density at radius 2 is 1.58 bits per heavy atom. The lowest BCUT2D eigenvalue weighted by Crippen LogP contribution is -2.56. The van der Waals surface area contributed by atoms with Crippen LogP contribution in [-0.2, 0) is 4.79 Å². The Bertz CT molecular complexity index is 659. The molecule has 1 saturated carbocycles. The molecule has 2 amide bonds. The third kappa shape index (κ3) is 4.62. The highest BCUT2D eigenvalue weighted by Crippen LogP contribution is 2.34. The minimum absolute atomic E-state index is 0.0270. The van der Waals surface area contributed by atoms with Crippen LogP contribution in [0, 0.1) is 5.92 Å². The predicted octanol–water partition coefficient (Wildman–Crippen LogP) is 2.98. The Balaban J connectivity index is 2.08. The predicted molar refractivity (Wildman–Crippen MR) is 99.1 cm³/mol. The largest absolute Gasteiger partial charge is 0.480 e. The summed E-state index contributed by atoms with van der Waals surface area (Å²) in [4.78, 5) is 36.3. The minimum atomic E-state index is -1.20. The van der Waals surface area contributed by atoms with Gasteiger partial charge in [-0.25, -0.2) is 4.79 Å². The maximum Gasteiger partial charge on any atom is 0.329 e. The molecule has 0 radical (unpaired) electrons. The third-order valence-electron chi connectivity index (χ3n) is 5.13. The molecule has 2 rings (SSSR count). The van der Waals surface area contributed by atoms with Gasteiger partial charge in [-0.2, -0.15) is 0 Å². The van der Waals surface area contributed by atoms with E-state index in [1.54, 1.807) is 24.3 Å². The topological polar surface area (TPSA) is 95.5 Å². The van der Waals surface area contributed by atoms with Crippen molar-refractivity contribution in [1.29, 1.82) is 0 Å². The molecule has 0 aromatic heterocycles. The van der Waals surface area contributed by atoms with Crippen LogP contribution in [0.4, 0.5) is 0 Å². The van der Waals surface area contributed by atoms with Crippen LogP contribution < -0.4 is 10.6 Å². The van der Waals surface area contributed by atoms with E-state index < -0.39 is 17.4 Å². The number of amides is 2. The number of aliphatic carboxylic acids is 1. The van der Waals surface area contributed by atoms with E-state index in [2.05, 4.69) is 17.6 Å². The fourth-order valence-electron chi connectivity index (χ4n) is 3.38. The molecule has 1 aromatic carbocycles.